The molecule has 0 bridgehead atoms. The highest BCUT2D eigenvalue weighted by molar-refractivity contribution is 5.16. The van der Waals surface area contributed by atoms with Crippen molar-refractivity contribution in [1.82, 2.24) is 0 Å². The molecule has 15 heavy (non-hydrogen) atoms. The molecule has 0 aliphatic heterocycles. The van der Waals surface area contributed by atoms with E-state index in [1.54, 1.807) is 6.07 Å². The highest BCUT2D eigenvalue weighted by atomic mass is 19.1. The molecule has 1 aromatic rings. The van der Waals surface area contributed by atoms with Crippen LogP contribution in [0, 0.1) is 5.82 Å². The van der Waals surface area contributed by atoms with Crippen molar-refractivity contribution in [3.8, 4) is 0 Å². The third-order valence-electron chi connectivity index (χ3n) is 2.31. The maximum atomic E-state index is 12.8. The number of halogens is 1. The standard InChI is InChI=1S/C13H17FO/c1-2-3-4-8-13(15)10-11-6-5-7-12(14)9-11/h2,5-7,9,13,15H,1,3-4,8,10H2. The Morgan fingerprint density at radius 1 is 1.47 bits per heavy atom. The second-order valence-electron chi connectivity index (χ2n) is 3.71. The maximum absolute atomic E-state index is 12.8. The van der Waals surface area contributed by atoms with E-state index >= 15 is 0 Å². The smallest absolute Gasteiger partial charge is 0.123 e. The Morgan fingerprint density at radius 2 is 2.27 bits per heavy atom. The SMILES string of the molecule is C=CCCCC(O)Cc1cccc(F)c1. The zero-order valence-electron chi connectivity index (χ0n) is 8.82. The minimum Gasteiger partial charge on any atom is -0.393 e. The quantitative estimate of drug-likeness (QED) is 0.562. The molecule has 0 saturated heterocycles. The molecule has 0 aliphatic carbocycles. The number of hydrogen-bond acceptors (Lipinski definition) is 1. The van der Waals surface area contributed by atoms with Gasteiger partial charge in [-0.15, -0.1) is 6.58 Å². The predicted octanol–water partition coefficient (Wildman–Crippen LogP) is 3.09. The normalized spacial score (nSPS) is 12.4. The summed E-state index contributed by atoms with van der Waals surface area (Å²) in [6.07, 6.45) is 4.57. The zero-order valence-corrected chi connectivity index (χ0v) is 8.82. The fourth-order valence-corrected chi connectivity index (χ4v) is 1.54. The van der Waals surface area contributed by atoms with Gasteiger partial charge in [-0.05, 0) is 43.4 Å². The number of unbranched alkanes of at least 4 members (excludes halogenated alkanes) is 1. The number of benzene rings is 1. The zero-order chi connectivity index (χ0) is 11.1. The van der Waals surface area contributed by atoms with Crippen molar-refractivity contribution in [1.29, 1.82) is 0 Å². The van der Waals surface area contributed by atoms with Crippen LogP contribution in [0.15, 0.2) is 36.9 Å². The maximum Gasteiger partial charge on any atom is 0.123 e. The van der Waals surface area contributed by atoms with Crippen LogP contribution in [0.1, 0.15) is 24.8 Å². The Labute approximate surface area is 90.3 Å². The summed E-state index contributed by atoms with van der Waals surface area (Å²) in [4.78, 5) is 0. The summed E-state index contributed by atoms with van der Waals surface area (Å²) in [5.74, 6) is -0.245. The molecule has 0 aromatic heterocycles. The van der Waals surface area contributed by atoms with Gasteiger partial charge in [0.15, 0.2) is 0 Å². The average molecular weight is 208 g/mol. The minimum atomic E-state index is -0.383. The van der Waals surface area contributed by atoms with Gasteiger partial charge in [0.2, 0.25) is 0 Å². The van der Waals surface area contributed by atoms with Crippen LogP contribution in [0.25, 0.3) is 0 Å². The Bertz CT molecular complexity index is 309. The van der Waals surface area contributed by atoms with Crippen molar-refractivity contribution in [3.63, 3.8) is 0 Å². The van der Waals surface area contributed by atoms with Crippen LogP contribution in [0.2, 0.25) is 0 Å². The highest BCUT2D eigenvalue weighted by Gasteiger charge is 2.05. The third-order valence-corrected chi connectivity index (χ3v) is 2.31. The van der Waals surface area contributed by atoms with Crippen molar-refractivity contribution in [2.45, 2.75) is 31.8 Å². The van der Waals surface area contributed by atoms with Crippen LogP contribution in [0.4, 0.5) is 4.39 Å². The van der Waals surface area contributed by atoms with Crippen molar-refractivity contribution < 1.29 is 9.50 Å². The first-order valence-electron chi connectivity index (χ1n) is 5.26. The van der Waals surface area contributed by atoms with Crippen molar-refractivity contribution in [2.24, 2.45) is 0 Å². The van der Waals surface area contributed by atoms with Gasteiger partial charge in [-0.1, -0.05) is 18.2 Å². The summed E-state index contributed by atoms with van der Waals surface area (Å²) in [5, 5.41) is 9.66. The van der Waals surface area contributed by atoms with Crippen molar-refractivity contribution >= 4 is 0 Å². The van der Waals surface area contributed by atoms with Gasteiger partial charge in [0.05, 0.1) is 6.10 Å². The topological polar surface area (TPSA) is 20.2 Å². The molecular weight excluding hydrogens is 191 g/mol. The molecule has 0 fully saturated rings. The summed E-state index contributed by atoms with van der Waals surface area (Å²) in [6, 6.07) is 6.38. The number of aliphatic hydroxyl groups is 1. The van der Waals surface area contributed by atoms with Gasteiger partial charge in [-0.3, -0.25) is 0 Å². The molecule has 0 saturated carbocycles. The molecule has 82 valence electrons. The number of allylic oxidation sites excluding steroid dienone is 1. The van der Waals surface area contributed by atoms with Crippen LogP contribution in [-0.4, -0.2) is 11.2 Å². The lowest BCUT2D eigenvalue weighted by atomic mass is 10.0. The molecule has 1 N–H and O–H groups in total. The number of rotatable bonds is 6. The van der Waals surface area contributed by atoms with E-state index in [-0.39, 0.29) is 11.9 Å². The summed E-state index contributed by atoms with van der Waals surface area (Å²) in [7, 11) is 0. The van der Waals surface area contributed by atoms with Crippen LogP contribution in [0.3, 0.4) is 0 Å². The lowest BCUT2D eigenvalue weighted by molar-refractivity contribution is 0.162. The molecular formula is C13H17FO. The van der Waals surface area contributed by atoms with E-state index in [9.17, 15) is 9.50 Å². The first-order valence-corrected chi connectivity index (χ1v) is 5.26. The van der Waals surface area contributed by atoms with Crippen molar-refractivity contribution in [3.05, 3.63) is 48.3 Å². The Kier molecular flexibility index (Phi) is 5.05. The molecule has 1 rings (SSSR count). The highest BCUT2D eigenvalue weighted by Crippen LogP contribution is 2.10. The van der Waals surface area contributed by atoms with Gasteiger partial charge < -0.3 is 5.11 Å². The molecule has 0 spiro atoms. The lowest BCUT2D eigenvalue weighted by Gasteiger charge is -2.09. The number of aliphatic hydroxyl groups excluding tert-OH is 1. The van der Waals surface area contributed by atoms with E-state index in [1.165, 1.54) is 12.1 Å². The Hall–Kier alpha value is -1.15. The molecule has 2 heteroatoms. The second-order valence-corrected chi connectivity index (χ2v) is 3.71. The van der Waals surface area contributed by atoms with Crippen LogP contribution in [-0.2, 0) is 6.42 Å². The Balaban J connectivity index is 2.37. The fourth-order valence-electron chi connectivity index (χ4n) is 1.54. The molecule has 1 nitrogen and oxygen atoms in total. The minimum absolute atomic E-state index is 0.245. The van der Waals surface area contributed by atoms with Gasteiger partial charge in [-0.2, -0.15) is 0 Å². The summed E-state index contributed by atoms with van der Waals surface area (Å²) < 4.78 is 12.8. The van der Waals surface area contributed by atoms with E-state index in [0.29, 0.717) is 6.42 Å². The van der Waals surface area contributed by atoms with Crippen molar-refractivity contribution in [2.75, 3.05) is 0 Å². The third kappa shape index (κ3) is 4.75. The molecule has 1 atom stereocenters. The predicted molar refractivity (Wildman–Crippen MR) is 60.2 cm³/mol. The average Bonchev–Trinajstić information content (AvgIpc) is 2.18. The largest absolute Gasteiger partial charge is 0.393 e. The second kappa shape index (κ2) is 6.36. The van der Waals surface area contributed by atoms with E-state index < -0.39 is 0 Å². The molecule has 0 amide bonds. The molecule has 1 aromatic carbocycles. The van der Waals surface area contributed by atoms with Gasteiger partial charge in [-0.25, -0.2) is 4.39 Å². The molecule has 1 unspecified atom stereocenters. The molecule has 0 aliphatic rings. The van der Waals surface area contributed by atoms with E-state index in [2.05, 4.69) is 6.58 Å². The summed E-state index contributed by atoms with van der Waals surface area (Å²) in [6.45, 7) is 3.62. The molecule has 0 radical (unpaired) electrons. The molecule has 0 heterocycles. The lowest BCUT2D eigenvalue weighted by Crippen LogP contribution is -2.10. The fraction of sp³-hybridized carbons (Fsp3) is 0.385. The van der Waals surface area contributed by atoms with Crippen LogP contribution in [0.5, 0.6) is 0 Å². The first kappa shape index (κ1) is 11.9. The summed E-state index contributed by atoms with van der Waals surface area (Å²) >= 11 is 0. The van der Waals surface area contributed by atoms with Gasteiger partial charge in [0.1, 0.15) is 5.82 Å². The number of hydrogen-bond donors (Lipinski definition) is 1. The van der Waals surface area contributed by atoms with Gasteiger partial charge in [0, 0.05) is 0 Å². The summed E-state index contributed by atoms with van der Waals surface area (Å²) in [5.41, 5.74) is 0.848. The van der Waals surface area contributed by atoms with Crippen LogP contribution >= 0.6 is 0 Å². The Morgan fingerprint density at radius 3 is 2.93 bits per heavy atom. The monoisotopic (exact) mass is 208 g/mol. The van der Waals surface area contributed by atoms with Crippen LogP contribution < -0.4 is 0 Å². The van der Waals surface area contributed by atoms with Gasteiger partial charge in [0.25, 0.3) is 0 Å². The van der Waals surface area contributed by atoms with E-state index in [1.807, 2.05) is 12.1 Å². The van der Waals surface area contributed by atoms with Gasteiger partial charge >= 0.3 is 0 Å². The van der Waals surface area contributed by atoms with E-state index in [4.69, 9.17) is 0 Å². The first-order chi connectivity index (χ1) is 7.22. The van der Waals surface area contributed by atoms with E-state index in [0.717, 1.165) is 24.8 Å².